The largest absolute Gasteiger partial charge is 0.573 e. The maximum absolute atomic E-state index is 12.1. The molecule has 108 valence electrons. The second kappa shape index (κ2) is 5.96. The summed E-state index contributed by atoms with van der Waals surface area (Å²) in [6.45, 7) is 1.02. The summed E-state index contributed by atoms with van der Waals surface area (Å²) in [6, 6.07) is 7.64. The molecule has 0 aliphatic rings. The molecule has 2 aromatic rings. The number of halogens is 3. The van der Waals surface area contributed by atoms with E-state index in [1.165, 1.54) is 24.5 Å². The first kappa shape index (κ1) is 14.4. The molecule has 0 radical (unpaired) electrons. The van der Waals surface area contributed by atoms with Crippen LogP contribution in [0.4, 0.5) is 13.2 Å². The average molecular weight is 286 g/mol. The summed E-state index contributed by atoms with van der Waals surface area (Å²) >= 11 is 0. The molecule has 7 heteroatoms. The fourth-order valence-corrected chi connectivity index (χ4v) is 1.80. The summed E-state index contributed by atoms with van der Waals surface area (Å²) in [5.41, 5.74) is 1.48. The van der Waals surface area contributed by atoms with Crippen molar-refractivity contribution in [2.75, 3.05) is 7.05 Å². The maximum atomic E-state index is 12.1. The maximum Gasteiger partial charge on any atom is 0.573 e. The lowest BCUT2D eigenvalue weighted by molar-refractivity contribution is -0.274. The summed E-state index contributed by atoms with van der Waals surface area (Å²) in [6.07, 6.45) is -3.20. The quantitative estimate of drug-likeness (QED) is 0.846. The van der Waals surface area contributed by atoms with Crippen LogP contribution >= 0.6 is 0 Å². The van der Waals surface area contributed by atoms with Crippen molar-refractivity contribution in [2.45, 2.75) is 19.5 Å². The van der Waals surface area contributed by atoms with Gasteiger partial charge in [0.1, 0.15) is 12.0 Å². The third kappa shape index (κ3) is 4.58. The van der Waals surface area contributed by atoms with Gasteiger partial charge in [-0.25, -0.2) is 0 Å². The Morgan fingerprint density at radius 1 is 1.25 bits per heavy atom. The Bertz CT molecular complexity index is 541. The molecule has 0 amide bonds. The summed E-state index contributed by atoms with van der Waals surface area (Å²) in [5, 5.41) is 3.77. The monoisotopic (exact) mass is 286 g/mol. The molecular formula is C13H13F3N2O2. The first-order valence-corrected chi connectivity index (χ1v) is 5.85. The van der Waals surface area contributed by atoms with Crippen LogP contribution in [0.1, 0.15) is 11.3 Å². The Labute approximate surface area is 113 Å². The molecular weight excluding hydrogens is 273 g/mol. The number of alkyl halides is 3. The fourth-order valence-electron chi connectivity index (χ4n) is 1.80. The first-order valence-electron chi connectivity index (χ1n) is 5.85. The van der Waals surface area contributed by atoms with Crippen LogP contribution in [0.2, 0.25) is 0 Å². The molecule has 0 atom stereocenters. The van der Waals surface area contributed by atoms with Crippen LogP contribution < -0.4 is 4.74 Å². The van der Waals surface area contributed by atoms with Gasteiger partial charge >= 0.3 is 6.36 Å². The van der Waals surface area contributed by atoms with E-state index in [2.05, 4.69) is 9.89 Å². The summed E-state index contributed by atoms with van der Waals surface area (Å²) in [5.74, 6) is -0.218. The van der Waals surface area contributed by atoms with Crippen LogP contribution in [0, 0.1) is 0 Å². The number of rotatable bonds is 5. The molecule has 0 bridgehead atoms. The van der Waals surface area contributed by atoms with Crippen LogP contribution in [-0.4, -0.2) is 23.5 Å². The van der Waals surface area contributed by atoms with Crippen molar-refractivity contribution in [2.24, 2.45) is 0 Å². The van der Waals surface area contributed by atoms with Gasteiger partial charge in [0, 0.05) is 19.2 Å². The molecule has 20 heavy (non-hydrogen) atoms. The highest BCUT2D eigenvalue weighted by Gasteiger charge is 2.31. The van der Waals surface area contributed by atoms with E-state index in [0.29, 0.717) is 13.1 Å². The third-order valence-corrected chi connectivity index (χ3v) is 2.51. The molecule has 0 saturated heterocycles. The highest BCUT2D eigenvalue weighted by atomic mass is 19.4. The molecule has 1 aromatic heterocycles. The lowest BCUT2D eigenvalue weighted by Crippen LogP contribution is -2.19. The Balaban J connectivity index is 1.97. The lowest BCUT2D eigenvalue weighted by atomic mass is 10.2. The van der Waals surface area contributed by atoms with E-state index >= 15 is 0 Å². The summed E-state index contributed by atoms with van der Waals surface area (Å²) < 4.78 is 45.0. The second-order valence-corrected chi connectivity index (χ2v) is 4.36. The smallest absolute Gasteiger partial charge is 0.406 e. The first-order chi connectivity index (χ1) is 9.42. The summed E-state index contributed by atoms with van der Waals surface area (Å²) in [4.78, 5) is 1.91. The normalized spacial score (nSPS) is 11.8. The topological polar surface area (TPSA) is 38.5 Å². The highest BCUT2D eigenvalue weighted by Crippen LogP contribution is 2.23. The van der Waals surface area contributed by atoms with Crippen LogP contribution in [0.25, 0.3) is 0 Å². The fraction of sp³-hybridized carbons (Fsp3) is 0.308. The van der Waals surface area contributed by atoms with Crippen molar-refractivity contribution < 1.29 is 22.4 Å². The van der Waals surface area contributed by atoms with Crippen molar-refractivity contribution in [3.8, 4) is 5.75 Å². The number of hydrogen-bond acceptors (Lipinski definition) is 4. The van der Waals surface area contributed by atoms with Gasteiger partial charge < -0.3 is 9.26 Å². The molecule has 1 aromatic carbocycles. The Morgan fingerprint density at radius 2 is 2.05 bits per heavy atom. The van der Waals surface area contributed by atoms with E-state index in [1.54, 1.807) is 12.1 Å². The van der Waals surface area contributed by atoms with Crippen LogP contribution in [0.3, 0.4) is 0 Å². The molecule has 4 nitrogen and oxygen atoms in total. The minimum absolute atomic E-state index is 0.218. The van der Waals surface area contributed by atoms with Gasteiger partial charge in [-0.1, -0.05) is 17.3 Å². The van der Waals surface area contributed by atoms with Crippen LogP contribution in [0.5, 0.6) is 5.75 Å². The molecule has 0 aliphatic carbocycles. The minimum atomic E-state index is -4.68. The van der Waals surface area contributed by atoms with E-state index < -0.39 is 6.36 Å². The van der Waals surface area contributed by atoms with E-state index in [-0.39, 0.29) is 5.75 Å². The number of benzene rings is 1. The van der Waals surface area contributed by atoms with Gasteiger partial charge in [-0.15, -0.1) is 13.2 Å². The van der Waals surface area contributed by atoms with Gasteiger partial charge in [0.2, 0.25) is 0 Å². The standard InChI is InChI=1S/C13H13F3N2O2/c1-18(9-11-5-6-19-17-11)8-10-3-2-4-12(7-10)20-13(14,15)16/h2-7H,8-9H2,1H3. The van der Waals surface area contributed by atoms with Crippen LogP contribution in [0.15, 0.2) is 41.1 Å². The van der Waals surface area contributed by atoms with Crippen molar-refractivity contribution in [1.29, 1.82) is 0 Å². The van der Waals surface area contributed by atoms with E-state index in [1.807, 2.05) is 11.9 Å². The van der Waals surface area contributed by atoms with Crippen molar-refractivity contribution in [3.63, 3.8) is 0 Å². The summed E-state index contributed by atoms with van der Waals surface area (Å²) in [7, 11) is 1.84. The Morgan fingerprint density at radius 3 is 2.70 bits per heavy atom. The molecule has 0 spiro atoms. The van der Waals surface area contributed by atoms with Crippen molar-refractivity contribution in [1.82, 2.24) is 10.1 Å². The molecule has 1 heterocycles. The Kier molecular flexibility index (Phi) is 4.29. The predicted octanol–water partition coefficient (Wildman–Crippen LogP) is 3.21. The zero-order valence-corrected chi connectivity index (χ0v) is 10.7. The van der Waals surface area contributed by atoms with Crippen molar-refractivity contribution in [3.05, 3.63) is 47.9 Å². The zero-order chi connectivity index (χ0) is 14.6. The Hall–Kier alpha value is -2.02. The lowest BCUT2D eigenvalue weighted by Gasteiger charge is -2.16. The van der Waals surface area contributed by atoms with Crippen molar-refractivity contribution >= 4 is 0 Å². The molecule has 0 N–H and O–H groups in total. The van der Waals surface area contributed by atoms with Gasteiger partial charge in [0.15, 0.2) is 0 Å². The number of nitrogens with zero attached hydrogens (tertiary/aromatic N) is 2. The second-order valence-electron chi connectivity index (χ2n) is 4.36. The number of ether oxygens (including phenoxy) is 1. The zero-order valence-electron chi connectivity index (χ0n) is 10.7. The van der Waals surface area contributed by atoms with E-state index in [4.69, 9.17) is 4.52 Å². The number of aromatic nitrogens is 1. The van der Waals surface area contributed by atoms with Crippen LogP contribution in [-0.2, 0) is 13.1 Å². The van der Waals surface area contributed by atoms with Gasteiger partial charge in [-0.05, 0) is 24.7 Å². The SMILES string of the molecule is CN(Cc1cccc(OC(F)(F)F)c1)Cc1ccon1. The van der Waals surface area contributed by atoms with Gasteiger partial charge in [-0.3, -0.25) is 4.90 Å². The molecule has 0 saturated carbocycles. The minimum Gasteiger partial charge on any atom is -0.406 e. The van der Waals surface area contributed by atoms with Gasteiger partial charge in [0.25, 0.3) is 0 Å². The van der Waals surface area contributed by atoms with Gasteiger partial charge in [0.05, 0.1) is 5.69 Å². The molecule has 2 rings (SSSR count). The van der Waals surface area contributed by atoms with E-state index in [0.717, 1.165) is 11.3 Å². The number of hydrogen-bond donors (Lipinski definition) is 0. The highest BCUT2D eigenvalue weighted by molar-refractivity contribution is 5.28. The third-order valence-electron chi connectivity index (χ3n) is 2.51. The molecule has 0 aliphatic heterocycles. The molecule has 0 fully saturated rings. The predicted molar refractivity (Wildman–Crippen MR) is 64.8 cm³/mol. The molecule has 0 unspecified atom stereocenters. The van der Waals surface area contributed by atoms with E-state index in [9.17, 15) is 13.2 Å². The van der Waals surface area contributed by atoms with Gasteiger partial charge in [-0.2, -0.15) is 0 Å². The average Bonchev–Trinajstić information content (AvgIpc) is 2.79.